The van der Waals surface area contributed by atoms with E-state index in [1.54, 1.807) is 7.05 Å². The van der Waals surface area contributed by atoms with Crippen LogP contribution >= 0.6 is 0 Å². The minimum absolute atomic E-state index is 0.229. The van der Waals surface area contributed by atoms with Crippen LogP contribution in [0.25, 0.3) is 11.2 Å². The van der Waals surface area contributed by atoms with Crippen molar-refractivity contribution in [2.45, 2.75) is 33.9 Å². The molecule has 1 aliphatic rings. The molecule has 1 aliphatic heterocycles. The van der Waals surface area contributed by atoms with Gasteiger partial charge >= 0.3 is 5.69 Å². The number of benzene rings is 1. The van der Waals surface area contributed by atoms with Gasteiger partial charge in [-0.3, -0.25) is 13.9 Å². The van der Waals surface area contributed by atoms with Crippen molar-refractivity contribution < 1.29 is 4.74 Å². The fraction of sp³-hybridized carbons (Fsp3) is 0.476. The summed E-state index contributed by atoms with van der Waals surface area (Å²) in [5, 5.41) is 0. The maximum atomic E-state index is 13.2. The summed E-state index contributed by atoms with van der Waals surface area (Å²) in [6.45, 7) is 8.69. The summed E-state index contributed by atoms with van der Waals surface area (Å²) in [6.07, 6.45) is 0. The molecule has 0 N–H and O–H groups in total. The predicted octanol–water partition coefficient (Wildman–Crippen LogP) is 2.03. The number of hydrogen-bond acceptors (Lipinski definition) is 5. The zero-order valence-electron chi connectivity index (χ0n) is 17.4. The molecule has 3 aromatic rings. The molecular formula is C21H27N5O3. The molecule has 0 saturated carbocycles. The molecule has 8 heteroatoms. The number of anilines is 2. The van der Waals surface area contributed by atoms with Crippen molar-refractivity contribution in [3.8, 4) is 0 Å². The van der Waals surface area contributed by atoms with Crippen molar-refractivity contribution in [2.24, 2.45) is 13.0 Å². The Morgan fingerprint density at radius 2 is 2.03 bits per heavy atom. The Labute approximate surface area is 169 Å². The molecular weight excluding hydrogens is 370 g/mol. The quantitative estimate of drug-likeness (QED) is 0.616. The first-order valence-electron chi connectivity index (χ1n) is 10.0. The van der Waals surface area contributed by atoms with E-state index >= 15 is 0 Å². The molecule has 0 saturated heterocycles. The first kappa shape index (κ1) is 19.4. The molecule has 0 aliphatic carbocycles. The topological polar surface area (TPSA) is 74.3 Å². The van der Waals surface area contributed by atoms with Gasteiger partial charge in [-0.05, 0) is 37.5 Å². The van der Waals surface area contributed by atoms with Crippen molar-refractivity contribution in [2.75, 3.05) is 24.7 Å². The lowest BCUT2D eigenvalue weighted by atomic mass is 10.1. The smallest absolute Gasteiger partial charge is 0.332 e. The van der Waals surface area contributed by atoms with Gasteiger partial charge in [-0.25, -0.2) is 4.79 Å². The summed E-state index contributed by atoms with van der Waals surface area (Å²) >= 11 is 0. The molecule has 0 unspecified atom stereocenters. The zero-order chi connectivity index (χ0) is 20.7. The van der Waals surface area contributed by atoms with E-state index in [1.807, 2.05) is 23.6 Å². The molecule has 0 fully saturated rings. The van der Waals surface area contributed by atoms with Gasteiger partial charge in [-0.1, -0.05) is 19.1 Å². The molecule has 0 amide bonds. The fourth-order valence-electron chi connectivity index (χ4n) is 4.02. The number of rotatable bonds is 5. The van der Waals surface area contributed by atoms with Crippen LogP contribution in [0.4, 0.5) is 11.6 Å². The van der Waals surface area contributed by atoms with Crippen molar-refractivity contribution in [1.29, 1.82) is 0 Å². The van der Waals surface area contributed by atoms with Crippen LogP contribution in [0.3, 0.4) is 0 Å². The lowest BCUT2D eigenvalue weighted by Crippen LogP contribution is -2.41. The Morgan fingerprint density at radius 1 is 1.24 bits per heavy atom. The highest BCUT2D eigenvalue weighted by Gasteiger charge is 2.29. The Morgan fingerprint density at radius 3 is 2.76 bits per heavy atom. The second kappa shape index (κ2) is 7.51. The van der Waals surface area contributed by atoms with Gasteiger partial charge in [0.15, 0.2) is 11.2 Å². The van der Waals surface area contributed by atoms with Gasteiger partial charge in [0.25, 0.3) is 5.56 Å². The molecule has 29 heavy (non-hydrogen) atoms. The number of ether oxygens (including phenoxy) is 1. The van der Waals surface area contributed by atoms with E-state index in [1.165, 1.54) is 9.13 Å². The van der Waals surface area contributed by atoms with Gasteiger partial charge in [-0.2, -0.15) is 4.98 Å². The van der Waals surface area contributed by atoms with Crippen LogP contribution in [-0.2, 0) is 24.9 Å². The lowest BCUT2D eigenvalue weighted by Gasteiger charge is -2.33. The number of aromatic nitrogens is 4. The Hall–Kier alpha value is -2.87. The highest BCUT2D eigenvalue weighted by molar-refractivity contribution is 5.77. The van der Waals surface area contributed by atoms with Crippen LogP contribution in [0.15, 0.2) is 33.9 Å². The normalized spacial score (nSPS) is 16.4. The Bertz CT molecular complexity index is 1170. The molecule has 0 spiro atoms. The van der Waals surface area contributed by atoms with Gasteiger partial charge in [0.05, 0.1) is 13.2 Å². The summed E-state index contributed by atoms with van der Waals surface area (Å²) in [5.41, 5.74) is 2.42. The van der Waals surface area contributed by atoms with Crippen LogP contribution in [-0.4, -0.2) is 38.4 Å². The molecule has 1 atom stereocenters. The van der Waals surface area contributed by atoms with Crippen molar-refractivity contribution in [3.63, 3.8) is 0 Å². The van der Waals surface area contributed by atoms with Crippen molar-refractivity contribution >= 4 is 22.8 Å². The van der Waals surface area contributed by atoms with E-state index in [-0.39, 0.29) is 17.8 Å². The molecule has 154 valence electrons. The fourth-order valence-corrected chi connectivity index (χ4v) is 4.02. The maximum Gasteiger partial charge on any atom is 0.332 e. The van der Waals surface area contributed by atoms with Gasteiger partial charge in [-0.15, -0.1) is 0 Å². The predicted molar refractivity (Wildman–Crippen MR) is 113 cm³/mol. The molecule has 8 nitrogen and oxygen atoms in total. The first-order chi connectivity index (χ1) is 13.9. The average molecular weight is 397 g/mol. The minimum atomic E-state index is -0.368. The zero-order valence-corrected chi connectivity index (χ0v) is 17.4. The minimum Gasteiger partial charge on any atom is -0.380 e. The van der Waals surface area contributed by atoms with Crippen LogP contribution in [0.1, 0.15) is 19.4 Å². The molecule has 3 heterocycles. The van der Waals surface area contributed by atoms with Crippen LogP contribution in [0, 0.1) is 12.8 Å². The number of fused-ring (bicyclic) bond motifs is 3. The number of nitrogens with zero attached hydrogens (tertiary/aromatic N) is 5. The summed E-state index contributed by atoms with van der Waals surface area (Å²) in [7, 11) is 1.67. The van der Waals surface area contributed by atoms with Crippen LogP contribution in [0.5, 0.6) is 0 Å². The van der Waals surface area contributed by atoms with Gasteiger partial charge in [0.2, 0.25) is 5.95 Å². The number of aryl methyl sites for hydroxylation is 2. The van der Waals surface area contributed by atoms with Crippen molar-refractivity contribution in [1.82, 2.24) is 18.7 Å². The summed E-state index contributed by atoms with van der Waals surface area (Å²) in [5.74, 6) is 1.03. The third-order valence-electron chi connectivity index (χ3n) is 5.42. The average Bonchev–Trinajstić information content (AvgIpc) is 3.08. The van der Waals surface area contributed by atoms with Crippen molar-refractivity contribution in [3.05, 3.63) is 50.7 Å². The molecule has 2 aromatic heterocycles. The number of imidazole rings is 1. The maximum absolute atomic E-state index is 13.2. The summed E-state index contributed by atoms with van der Waals surface area (Å²) < 4.78 is 10.0. The lowest BCUT2D eigenvalue weighted by molar-refractivity contribution is 0.137. The molecule has 4 rings (SSSR count). The Balaban J connectivity index is 1.93. The van der Waals surface area contributed by atoms with E-state index in [9.17, 15) is 9.59 Å². The van der Waals surface area contributed by atoms with Gasteiger partial charge < -0.3 is 14.2 Å². The molecule has 0 radical (unpaired) electrons. The number of hydrogen-bond donors (Lipinski definition) is 0. The largest absolute Gasteiger partial charge is 0.380 e. The van der Waals surface area contributed by atoms with E-state index in [4.69, 9.17) is 9.72 Å². The highest BCUT2D eigenvalue weighted by atomic mass is 16.5. The van der Waals surface area contributed by atoms with Crippen LogP contribution in [0.2, 0.25) is 0 Å². The van der Waals surface area contributed by atoms with Gasteiger partial charge in [0.1, 0.15) is 0 Å². The third-order valence-corrected chi connectivity index (χ3v) is 5.42. The molecule has 0 bridgehead atoms. The third kappa shape index (κ3) is 3.27. The SMILES string of the molecule is CCOCCn1c(=O)c2c(nc3n2C[C@H](C)CN3c2cccc(C)c2)n(C)c1=O. The van der Waals surface area contributed by atoms with Crippen LogP contribution < -0.4 is 16.1 Å². The van der Waals surface area contributed by atoms with E-state index in [2.05, 4.69) is 30.9 Å². The highest BCUT2D eigenvalue weighted by Crippen LogP contribution is 2.33. The van der Waals surface area contributed by atoms with E-state index in [0.717, 1.165) is 17.8 Å². The van der Waals surface area contributed by atoms with E-state index < -0.39 is 0 Å². The monoisotopic (exact) mass is 397 g/mol. The Kier molecular flexibility index (Phi) is 5.04. The standard InChI is InChI=1S/C21H27N5O3/c1-5-29-10-9-24-19(27)17-18(23(4)21(24)28)22-20-25(12-15(3)13-26(17)20)16-8-6-7-14(2)11-16/h6-8,11,15H,5,9-10,12-13H2,1-4H3/t15-/m1/s1. The molecule has 1 aromatic carbocycles. The van der Waals surface area contributed by atoms with Gasteiger partial charge in [0, 0.05) is 32.4 Å². The second-order valence-electron chi connectivity index (χ2n) is 7.74. The van der Waals surface area contributed by atoms with E-state index in [0.29, 0.717) is 42.8 Å². The second-order valence-corrected chi connectivity index (χ2v) is 7.74. The summed E-state index contributed by atoms with van der Waals surface area (Å²) in [4.78, 5) is 32.9. The summed E-state index contributed by atoms with van der Waals surface area (Å²) in [6, 6.07) is 8.24. The first-order valence-corrected chi connectivity index (χ1v) is 10.0.